The van der Waals surface area contributed by atoms with Gasteiger partial charge in [0, 0.05) is 11.8 Å². The molecule has 0 aliphatic heterocycles. The topological polar surface area (TPSA) is 89.8 Å². The molecule has 0 aliphatic carbocycles. The standard InChI is InChI=1S/C16H31N5/c1-3-13(2)12-19-10-8-6-4-5-7-9-14-11-15(17)21-16(18)20-14/h11,13,19H,3-10,12H2,1-2H3,(H4,17,18,20,21). The quantitative estimate of drug-likeness (QED) is 0.546. The molecule has 5 N–H and O–H groups in total. The molecule has 0 spiro atoms. The summed E-state index contributed by atoms with van der Waals surface area (Å²) in [5.74, 6) is 1.53. The van der Waals surface area contributed by atoms with Crippen LogP contribution in [0.3, 0.4) is 0 Å². The van der Waals surface area contributed by atoms with Crippen molar-refractivity contribution in [1.82, 2.24) is 15.3 Å². The van der Waals surface area contributed by atoms with Crippen LogP contribution in [0.1, 0.15) is 58.1 Å². The molecule has 0 saturated carbocycles. The fourth-order valence-corrected chi connectivity index (χ4v) is 2.25. The van der Waals surface area contributed by atoms with Crippen LogP contribution in [0.5, 0.6) is 0 Å². The van der Waals surface area contributed by atoms with Gasteiger partial charge in [-0.05, 0) is 38.3 Å². The normalized spacial score (nSPS) is 12.5. The zero-order chi connectivity index (χ0) is 15.5. The minimum Gasteiger partial charge on any atom is -0.384 e. The van der Waals surface area contributed by atoms with E-state index in [1.807, 2.05) is 6.07 Å². The molecule has 0 saturated heterocycles. The van der Waals surface area contributed by atoms with Gasteiger partial charge in [-0.3, -0.25) is 0 Å². The number of anilines is 2. The highest BCUT2D eigenvalue weighted by atomic mass is 15.0. The van der Waals surface area contributed by atoms with Crippen LogP contribution in [-0.4, -0.2) is 23.1 Å². The summed E-state index contributed by atoms with van der Waals surface area (Å²) in [7, 11) is 0. The SMILES string of the molecule is CCC(C)CNCCCCCCCc1cc(N)nc(N)n1. The summed E-state index contributed by atoms with van der Waals surface area (Å²) >= 11 is 0. The van der Waals surface area contributed by atoms with Crippen LogP contribution in [0.25, 0.3) is 0 Å². The molecule has 1 aromatic rings. The Balaban J connectivity index is 1.97. The third kappa shape index (κ3) is 8.50. The summed E-state index contributed by atoms with van der Waals surface area (Å²) in [5.41, 5.74) is 12.2. The van der Waals surface area contributed by atoms with Crippen molar-refractivity contribution in [2.45, 2.75) is 58.8 Å². The number of aryl methyl sites for hydroxylation is 1. The molecule has 0 aromatic carbocycles. The lowest BCUT2D eigenvalue weighted by atomic mass is 10.1. The number of nitrogens with two attached hydrogens (primary N) is 2. The Labute approximate surface area is 128 Å². The minimum absolute atomic E-state index is 0.275. The molecular formula is C16H31N5. The van der Waals surface area contributed by atoms with Crippen molar-refractivity contribution in [1.29, 1.82) is 0 Å². The van der Waals surface area contributed by atoms with Crippen LogP contribution >= 0.6 is 0 Å². The van der Waals surface area contributed by atoms with E-state index < -0.39 is 0 Å². The van der Waals surface area contributed by atoms with E-state index >= 15 is 0 Å². The maximum absolute atomic E-state index is 5.65. The number of hydrogen-bond donors (Lipinski definition) is 3. The van der Waals surface area contributed by atoms with Crippen molar-refractivity contribution in [3.8, 4) is 0 Å². The second kappa shape index (κ2) is 10.4. The summed E-state index contributed by atoms with van der Waals surface area (Å²) in [4.78, 5) is 8.07. The van der Waals surface area contributed by atoms with E-state index in [9.17, 15) is 0 Å². The van der Waals surface area contributed by atoms with E-state index in [-0.39, 0.29) is 5.95 Å². The molecule has 1 heterocycles. The molecule has 0 aliphatic rings. The molecule has 1 unspecified atom stereocenters. The van der Waals surface area contributed by atoms with Gasteiger partial charge in [0.05, 0.1) is 0 Å². The number of nitrogens with one attached hydrogen (secondary N) is 1. The first kappa shape index (κ1) is 17.7. The Morgan fingerprint density at radius 3 is 2.52 bits per heavy atom. The maximum Gasteiger partial charge on any atom is 0.222 e. The Morgan fingerprint density at radius 1 is 1.10 bits per heavy atom. The smallest absolute Gasteiger partial charge is 0.222 e. The Morgan fingerprint density at radius 2 is 1.81 bits per heavy atom. The third-order valence-corrected chi connectivity index (χ3v) is 3.79. The predicted octanol–water partition coefficient (Wildman–Crippen LogP) is 2.77. The summed E-state index contributed by atoms with van der Waals surface area (Å²) in [6.07, 6.45) is 8.39. The number of nitrogen functional groups attached to an aromatic ring is 2. The summed E-state index contributed by atoms with van der Waals surface area (Å²) < 4.78 is 0. The average molecular weight is 293 g/mol. The van der Waals surface area contributed by atoms with Crippen molar-refractivity contribution in [3.63, 3.8) is 0 Å². The molecule has 21 heavy (non-hydrogen) atoms. The van der Waals surface area contributed by atoms with Crippen molar-refractivity contribution in [2.24, 2.45) is 5.92 Å². The van der Waals surface area contributed by atoms with Gasteiger partial charge in [0.2, 0.25) is 5.95 Å². The molecule has 120 valence electrons. The monoisotopic (exact) mass is 293 g/mol. The molecule has 0 fully saturated rings. The first-order chi connectivity index (χ1) is 10.1. The van der Waals surface area contributed by atoms with Gasteiger partial charge in [0.25, 0.3) is 0 Å². The molecule has 1 aromatic heterocycles. The van der Waals surface area contributed by atoms with Crippen LogP contribution in [0.4, 0.5) is 11.8 Å². The molecular weight excluding hydrogens is 262 g/mol. The van der Waals surface area contributed by atoms with E-state index in [1.54, 1.807) is 0 Å². The van der Waals surface area contributed by atoms with Gasteiger partial charge in [-0.25, -0.2) is 4.98 Å². The van der Waals surface area contributed by atoms with Crippen LogP contribution in [0, 0.1) is 5.92 Å². The highest BCUT2D eigenvalue weighted by molar-refractivity contribution is 5.35. The number of nitrogens with zero attached hydrogens (tertiary/aromatic N) is 2. The van der Waals surface area contributed by atoms with E-state index in [0.29, 0.717) is 5.82 Å². The van der Waals surface area contributed by atoms with Crippen LogP contribution in [-0.2, 0) is 6.42 Å². The van der Waals surface area contributed by atoms with Crippen LogP contribution in [0.2, 0.25) is 0 Å². The second-order valence-corrected chi connectivity index (χ2v) is 5.88. The molecule has 0 bridgehead atoms. The van der Waals surface area contributed by atoms with E-state index in [1.165, 1.54) is 32.1 Å². The Bertz CT molecular complexity index is 374. The van der Waals surface area contributed by atoms with Crippen LogP contribution in [0.15, 0.2) is 6.07 Å². The van der Waals surface area contributed by atoms with E-state index in [2.05, 4.69) is 29.1 Å². The largest absolute Gasteiger partial charge is 0.384 e. The third-order valence-electron chi connectivity index (χ3n) is 3.79. The van der Waals surface area contributed by atoms with Crippen LogP contribution < -0.4 is 16.8 Å². The van der Waals surface area contributed by atoms with Crippen molar-refractivity contribution in [3.05, 3.63) is 11.8 Å². The van der Waals surface area contributed by atoms with Gasteiger partial charge >= 0.3 is 0 Å². The second-order valence-electron chi connectivity index (χ2n) is 5.88. The zero-order valence-electron chi connectivity index (χ0n) is 13.6. The summed E-state index contributed by atoms with van der Waals surface area (Å²) in [5, 5.41) is 3.52. The summed E-state index contributed by atoms with van der Waals surface area (Å²) in [6.45, 7) is 6.82. The number of unbranched alkanes of at least 4 members (excludes halogenated alkanes) is 4. The van der Waals surface area contributed by atoms with Gasteiger partial charge in [-0.2, -0.15) is 4.98 Å². The number of rotatable bonds is 11. The molecule has 1 rings (SSSR count). The lowest BCUT2D eigenvalue weighted by Crippen LogP contribution is -2.21. The van der Waals surface area contributed by atoms with Gasteiger partial charge in [0.1, 0.15) is 5.82 Å². The molecule has 0 amide bonds. The van der Waals surface area contributed by atoms with E-state index in [0.717, 1.165) is 37.5 Å². The van der Waals surface area contributed by atoms with Gasteiger partial charge in [-0.15, -0.1) is 0 Å². The fraction of sp³-hybridized carbons (Fsp3) is 0.750. The number of hydrogen-bond acceptors (Lipinski definition) is 5. The predicted molar refractivity (Wildman–Crippen MR) is 90.0 cm³/mol. The molecule has 5 nitrogen and oxygen atoms in total. The maximum atomic E-state index is 5.65. The van der Waals surface area contributed by atoms with Gasteiger partial charge in [-0.1, -0.05) is 39.5 Å². The average Bonchev–Trinajstić information content (AvgIpc) is 2.44. The minimum atomic E-state index is 0.275. The molecule has 1 atom stereocenters. The zero-order valence-corrected chi connectivity index (χ0v) is 13.6. The highest BCUT2D eigenvalue weighted by Crippen LogP contribution is 2.10. The molecule has 0 radical (unpaired) electrons. The van der Waals surface area contributed by atoms with Crippen molar-refractivity contribution < 1.29 is 0 Å². The first-order valence-corrected chi connectivity index (χ1v) is 8.21. The van der Waals surface area contributed by atoms with Gasteiger partial charge < -0.3 is 16.8 Å². The first-order valence-electron chi connectivity index (χ1n) is 8.21. The van der Waals surface area contributed by atoms with Gasteiger partial charge in [0.15, 0.2) is 0 Å². The van der Waals surface area contributed by atoms with E-state index in [4.69, 9.17) is 11.5 Å². The van der Waals surface area contributed by atoms with Crippen molar-refractivity contribution in [2.75, 3.05) is 24.6 Å². The highest BCUT2D eigenvalue weighted by Gasteiger charge is 2.00. The fourth-order valence-electron chi connectivity index (χ4n) is 2.25. The lowest BCUT2D eigenvalue weighted by molar-refractivity contribution is 0.486. The number of aromatic nitrogens is 2. The Hall–Kier alpha value is -1.36. The molecule has 5 heteroatoms. The lowest BCUT2D eigenvalue weighted by Gasteiger charge is -2.09. The summed E-state index contributed by atoms with van der Waals surface area (Å²) in [6, 6.07) is 1.81. The Kier molecular flexibility index (Phi) is 8.74. The van der Waals surface area contributed by atoms with Crippen molar-refractivity contribution >= 4 is 11.8 Å².